The number of anilines is 1. The lowest BCUT2D eigenvalue weighted by Gasteiger charge is -2.14. The summed E-state index contributed by atoms with van der Waals surface area (Å²) in [5.41, 5.74) is 2.57. The number of imide groups is 1. The van der Waals surface area contributed by atoms with Gasteiger partial charge in [0.2, 0.25) is 5.52 Å². The minimum atomic E-state index is -0.268. The molecule has 0 saturated heterocycles. The third-order valence-corrected chi connectivity index (χ3v) is 4.63. The molecule has 0 radical (unpaired) electrons. The first-order valence-electron chi connectivity index (χ1n) is 8.04. The SMILES string of the molecule is O=C1c2ccccc2C(=O)N1c1ccc2c[n+]3ccccc3cc2c1. The number of nitrogens with zero attached hydrogens (tertiary/aromatic N) is 2. The molecule has 1 aliphatic rings. The van der Waals surface area contributed by atoms with E-state index in [4.69, 9.17) is 0 Å². The highest BCUT2D eigenvalue weighted by atomic mass is 16.2. The molecule has 118 valence electrons. The quantitative estimate of drug-likeness (QED) is 0.306. The minimum absolute atomic E-state index is 0.268. The monoisotopic (exact) mass is 325 g/mol. The highest BCUT2D eigenvalue weighted by molar-refractivity contribution is 6.34. The molecular weight excluding hydrogens is 312 g/mol. The molecule has 0 aliphatic carbocycles. The van der Waals surface area contributed by atoms with Gasteiger partial charge in [0.05, 0.1) is 16.8 Å². The van der Waals surface area contributed by atoms with E-state index in [-0.39, 0.29) is 11.8 Å². The zero-order valence-corrected chi connectivity index (χ0v) is 13.2. The Balaban J connectivity index is 1.68. The number of hydrogen-bond acceptors (Lipinski definition) is 2. The average Bonchev–Trinajstić information content (AvgIpc) is 2.91. The Morgan fingerprint density at radius 1 is 0.720 bits per heavy atom. The van der Waals surface area contributed by atoms with Crippen LogP contribution in [0.4, 0.5) is 5.69 Å². The van der Waals surface area contributed by atoms with Crippen LogP contribution in [0.3, 0.4) is 0 Å². The predicted molar refractivity (Wildman–Crippen MR) is 94.7 cm³/mol. The Labute approximate surface area is 143 Å². The van der Waals surface area contributed by atoms with Gasteiger partial charge in [-0.1, -0.05) is 12.1 Å². The van der Waals surface area contributed by atoms with E-state index in [1.54, 1.807) is 24.3 Å². The van der Waals surface area contributed by atoms with Gasteiger partial charge >= 0.3 is 0 Å². The van der Waals surface area contributed by atoms with Crippen LogP contribution in [-0.2, 0) is 0 Å². The second-order valence-corrected chi connectivity index (χ2v) is 6.11. The summed E-state index contributed by atoms with van der Waals surface area (Å²) in [5.74, 6) is -0.537. The Morgan fingerprint density at radius 3 is 2.20 bits per heavy atom. The number of aromatic nitrogens is 1. The van der Waals surface area contributed by atoms with Crippen LogP contribution in [0.2, 0.25) is 0 Å². The fourth-order valence-corrected chi connectivity index (χ4v) is 3.39. The molecule has 0 spiro atoms. The maximum atomic E-state index is 12.7. The molecule has 2 aromatic carbocycles. The van der Waals surface area contributed by atoms with Crippen LogP contribution in [-0.4, -0.2) is 11.8 Å². The lowest BCUT2D eigenvalue weighted by atomic mass is 10.1. The Kier molecular flexibility index (Phi) is 2.76. The van der Waals surface area contributed by atoms with Gasteiger partial charge in [0, 0.05) is 23.6 Å². The Hall–Kier alpha value is -3.53. The molecular formula is C21H13N2O2+. The smallest absolute Gasteiger partial charge is 0.266 e. The first-order chi connectivity index (χ1) is 12.2. The highest BCUT2D eigenvalue weighted by Crippen LogP contribution is 2.30. The largest absolute Gasteiger partial charge is 0.268 e. The summed E-state index contributed by atoms with van der Waals surface area (Å²) in [5, 5.41) is 2.03. The topological polar surface area (TPSA) is 41.5 Å². The van der Waals surface area contributed by atoms with E-state index in [0.29, 0.717) is 16.8 Å². The van der Waals surface area contributed by atoms with E-state index in [1.807, 2.05) is 53.2 Å². The van der Waals surface area contributed by atoms with E-state index in [2.05, 4.69) is 6.07 Å². The van der Waals surface area contributed by atoms with Crippen molar-refractivity contribution in [3.05, 3.63) is 90.3 Å². The summed E-state index contributed by atoms with van der Waals surface area (Å²) >= 11 is 0. The average molecular weight is 325 g/mol. The van der Waals surface area contributed by atoms with Crippen LogP contribution < -0.4 is 9.30 Å². The summed E-state index contributed by atoms with van der Waals surface area (Å²) < 4.78 is 2.05. The fourth-order valence-electron chi connectivity index (χ4n) is 3.39. The van der Waals surface area contributed by atoms with Crippen LogP contribution in [0.5, 0.6) is 0 Å². The molecule has 0 atom stereocenters. The van der Waals surface area contributed by atoms with Crippen LogP contribution in [0, 0.1) is 0 Å². The number of fused-ring (bicyclic) bond motifs is 3. The Morgan fingerprint density at radius 2 is 1.44 bits per heavy atom. The van der Waals surface area contributed by atoms with Crippen molar-refractivity contribution in [1.29, 1.82) is 0 Å². The number of pyridine rings is 2. The van der Waals surface area contributed by atoms with E-state index in [0.717, 1.165) is 16.3 Å². The second-order valence-electron chi connectivity index (χ2n) is 6.11. The molecule has 0 bridgehead atoms. The van der Waals surface area contributed by atoms with Gasteiger partial charge in [-0.15, -0.1) is 0 Å². The standard InChI is InChI=1S/C21H13N2O2/c24-20-18-6-1-2-7-19(18)21(25)23(20)17-9-8-14-13-22-10-4-3-5-16(22)11-15(14)12-17/h1-13H/q+1. The molecule has 0 N–H and O–H groups in total. The molecule has 25 heavy (non-hydrogen) atoms. The molecule has 2 amide bonds. The van der Waals surface area contributed by atoms with E-state index in [1.165, 1.54) is 4.90 Å². The number of carbonyl (C=O) groups is 2. The second kappa shape index (κ2) is 4.98. The number of benzene rings is 2. The van der Waals surface area contributed by atoms with Crippen LogP contribution in [0.25, 0.3) is 16.3 Å². The van der Waals surface area contributed by atoms with Gasteiger partial charge in [-0.2, -0.15) is 4.40 Å². The van der Waals surface area contributed by atoms with Crippen molar-refractivity contribution < 1.29 is 14.0 Å². The highest BCUT2D eigenvalue weighted by Gasteiger charge is 2.36. The summed E-state index contributed by atoms with van der Waals surface area (Å²) in [6.45, 7) is 0. The summed E-state index contributed by atoms with van der Waals surface area (Å²) in [7, 11) is 0. The van der Waals surface area contributed by atoms with Gasteiger partial charge in [-0.25, -0.2) is 4.90 Å². The number of carbonyl (C=O) groups excluding carboxylic acids is 2. The number of rotatable bonds is 1. The zero-order valence-electron chi connectivity index (χ0n) is 13.2. The van der Waals surface area contributed by atoms with E-state index in [9.17, 15) is 9.59 Å². The van der Waals surface area contributed by atoms with Gasteiger partial charge in [0.25, 0.3) is 11.8 Å². The van der Waals surface area contributed by atoms with Crippen LogP contribution in [0.1, 0.15) is 20.7 Å². The predicted octanol–water partition coefficient (Wildman–Crippen LogP) is 3.38. The molecule has 4 heteroatoms. The third kappa shape index (κ3) is 1.97. The van der Waals surface area contributed by atoms with Gasteiger partial charge in [-0.3, -0.25) is 9.59 Å². The van der Waals surface area contributed by atoms with Crippen molar-refractivity contribution in [2.75, 3.05) is 4.90 Å². The van der Waals surface area contributed by atoms with Crippen molar-refractivity contribution in [2.45, 2.75) is 0 Å². The van der Waals surface area contributed by atoms with Crippen molar-refractivity contribution in [2.24, 2.45) is 0 Å². The van der Waals surface area contributed by atoms with Crippen LogP contribution in [0.15, 0.2) is 79.1 Å². The normalized spacial score (nSPS) is 13.7. The summed E-state index contributed by atoms with van der Waals surface area (Å²) in [6.07, 6.45) is 4.03. The molecule has 0 saturated carbocycles. The summed E-state index contributed by atoms with van der Waals surface area (Å²) in [6, 6.07) is 20.6. The molecule has 0 fully saturated rings. The van der Waals surface area contributed by atoms with Crippen molar-refractivity contribution in [3.8, 4) is 0 Å². The van der Waals surface area contributed by atoms with Gasteiger partial charge in [0.15, 0.2) is 12.4 Å². The van der Waals surface area contributed by atoms with Crippen molar-refractivity contribution in [3.63, 3.8) is 0 Å². The van der Waals surface area contributed by atoms with E-state index < -0.39 is 0 Å². The summed E-state index contributed by atoms with van der Waals surface area (Å²) in [4.78, 5) is 26.6. The molecule has 3 heterocycles. The first kappa shape index (κ1) is 13.9. The van der Waals surface area contributed by atoms with Crippen LogP contribution >= 0.6 is 0 Å². The van der Waals surface area contributed by atoms with Gasteiger partial charge in [0.1, 0.15) is 0 Å². The fraction of sp³-hybridized carbons (Fsp3) is 0. The maximum absolute atomic E-state index is 12.7. The molecule has 0 unspecified atom stereocenters. The third-order valence-electron chi connectivity index (χ3n) is 4.63. The van der Waals surface area contributed by atoms with E-state index >= 15 is 0 Å². The van der Waals surface area contributed by atoms with Crippen molar-refractivity contribution in [1.82, 2.24) is 0 Å². The van der Waals surface area contributed by atoms with Gasteiger partial charge in [-0.05, 0) is 41.8 Å². The lowest BCUT2D eigenvalue weighted by molar-refractivity contribution is -0.510. The molecule has 2 aromatic heterocycles. The molecule has 1 aliphatic heterocycles. The molecule has 5 rings (SSSR count). The zero-order chi connectivity index (χ0) is 17.0. The van der Waals surface area contributed by atoms with Gasteiger partial charge < -0.3 is 0 Å². The number of hydrogen-bond donors (Lipinski definition) is 0. The van der Waals surface area contributed by atoms with Crippen molar-refractivity contribution >= 4 is 33.8 Å². The molecule has 4 aromatic rings. The molecule has 4 nitrogen and oxygen atoms in total. The Bertz CT molecular complexity index is 1160. The lowest BCUT2D eigenvalue weighted by Crippen LogP contribution is -2.29. The minimum Gasteiger partial charge on any atom is -0.268 e. The number of amides is 2. The first-order valence-corrected chi connectivity index (χ1v) is 8.04. The maximum Gasteiger partial charge on any atom is 0.266 e.